The predicted molar refractivity (Wildman–Crippen MR) is 95.8 cm³/mol. The van der Waals surface area contributed by atoms with Crippen molar-refractivity contribution in [2.24, 2.45) is 0 Å². The highest BCUT2D eigenvalue weighted by molar-refractivity contribution is 6.31. The minimum absolute atomic E-state index is 0.0194. The van der Waals surface area contributed by atoms with E-state index in [1.165, 1.54) is 12.3 Å². The Bertz CT molecular complexity index is 981. The number of aromatic nitrogens is 2. The van der Waals surface area contributed by atoms with E-state index in [9.17, 15) is 13.6 Å². The lowest BCUT2D eigenvalue weighted by atomic mass is 10.2. The summed E-state index contributed by atoms with van der Waals surface area (Å²) in [4.78, 5) is 20.4. The van der Waals surface area contributed by atoms with Gasteiger partial charge in [-0.05, 0) is 42.8 Å². The molecule has 0 fully saturated rings. The Labute approximate surface area is 153 Å². The fourth-order valence-electron chi connectivity index (χ4n) is 2.19. The minimum atomic E-state index is -0.875. The van der Waals surface area contributed by atoms with Gasteiger partial charge in [-0.3, -0.25) is 4.79 Å². The number of carbonyl (C=O) groups excluding carboxylic acids is 1. The molecule has 0 bridgehead atoms. The molecule has 3 aromatic rings. The zero-order valence-corrected chi connectivity index (χ0v) is 14.3. The average Bonchev–Trinajstić information content (AvgIpc) is 2.61. The van der Waals surface area contributed by atoms with Gasteiger partial charge in [0.15, 0.2) is 0 Å². The van der Waals surface area contributed by atoms with E-state index in [2.05, 4.69) is 20.6 Å². The second-order valence-corrected chi connectivity index (χ2v) is 5.79. The van der Waals surface area contributed by atoms with Crippen LogP contribution in [0.3, 0.4) is 0 Å². The van der Waals surface area contributed by atoms with Crippen LogP contribution in [0.5, 0.6) is 0 Å². The van der Waals surface area contributed by atoms with Gasteiger partial charge in [0.1, 0.15) is 17.3 Å². The van der Waals surface area contributed by atoms with Crippen molar-refractivity contribution in [2.45, 2.75) is 6.92 Å². The van der Waals surface area contributed by atoms with Crippen molar-refractivity contribution in [3.63, 3.8) is 0 Å². The zero-order chi connectivity index (χ0) is 18.7. The number of nitrogens with one attached hydrogen (secondary N) is 2. The smallest absolute Gasteiger partial charge is 0.274 e. The number of carbonyl (C=O) groups is 1. The average molecular weight is 375 g/mol. The lowest BCUT2D eigenvalue weighted by Gasteiger charge is -2.10. The SMILES string of the molecule is Cc1c(Cl)cccc1Nc1nccc(C(=O)Nc2ccc(F)cc2F)n1. The third-order valence-electron chi connectivity index (χ3n) is 3.58. The Balaban J connectivity index is 1.80. The van der Waals surface area contributed by atoms with Crippen molar-refractivity contribution in [2.75, 3.05) is 10.6 Å². The van der Waals surface area contributed by atoms with Crippen molar-refractivity contribution in [3.05, 3.63) is 76.6 Å². The fourth-order valence-corrected chi connectivity index (χ4v) is 2.36. The summed E-state index contributed by atoms with van der Waals surface area (Å²) in [7, 11) is 0. The zero-order valence-electron chi connectivity index (χ0n) is 13.6. The number of nitrogens with zero attached hydrogens (tertiary/aromatic N) is 2. The molecule has 26 heavy (non-hydrogen) atoms. The number of benzene rings is 2. The standard InChI is InChI=1S/C18H13ClF2N4O/c1-10-12(19)3-2-4-14(10)24-18-22-8-7-16(25-18)17(26)23-15-6-5-11(20)9-13(15)21/h2-9H,1H3,(H,23,26)(H,22,24,25). The van der Waals surface area contributed by atoms with Crippen LogP contribution >= 0.6 is 11.6 Å². The van der Waals surface area contributed by atoms with Crippen molar-refractivity contribution >= 4 is 34.8 Å². The van der Waals surface area contributed by atoms with Crippen molar-refractivity contribution < 1.29 is 13.6 Å². The van der Waals surface area contributed by atoms with Gasteiger partial charge >= 0.3 is 0 Å². The first-order valence-electron chi connectivity index (χ1n) is 7.55. The summed E-state index contributed by atoms with van der Waals surface area (Å²) in [6, 6.07) is 9.57. The third kappa shape index (κ3) is 3.94. The summed E-state index contributed by atoms with van der Waals surface area (Å²) >= 11 is 6.07. The van der Waals surface area contributed by atoms with E-state index in [0.29, 0.717) is 16.8 Å². The molecule has 0 spiro atoms. The molecule has 0 radical (unpaired) electrons. The highest BCUT2D eigenvalue weighted by atomic mass is 35.5. The molecule has 3 rings (SSSR count). The number of halogens is 3. The van der Waals surface area contributed by atoms with E-state index >= 15 is 0 Å². The molecular weight excluding hydrogens is 362 g/mol. The molecule has 2 N–H and O–H groups in total. The molecular formula is C18H13ClF2N4O. The number of rotatable bonds is 4. The molecule has 2 aromatic carbocycles. The molecule has 0 unspecified atom stereocenters. The highest BCUT2D eigenvalue weighted by Gasteiger charge is 2.13. The van der Waals surface area contributed by atoms with Crippen LogP contribution in [-0.2, 0) is 0 Å². The third-order valence-corrected chi connectivity index (χ3v) is 3.99. The number of hydrogen-bond acceptors (Lipinski definition) is 4. The number of hydrogen-bond donors (Lipinski definition) is 2. The molecule has 1 aromatic heterocycles. The van der Waals surface area contributed by atoms with E-state index in [1.807, 2.05) is 6.92 Å². The molecule has 5 nitrogen and oxygen atoms in total. The van der Waals surface area contributed by atoms with Gasteiger partial charge in [0.25, 0.3) is 5.91 Å². The van der Waals surface area contributed by atoms with E-state index in [1.54, 1.807) is 18.2 Å². The van der Waals surface area contributed by atoms with Crippen molar-refractivity contribution in [1.29, 1.82) is 0 Å². The van der Waals surface area contributed by atoms with Crippen LogP contribution in [0.4, 0.5) is 26.1 Å². The topological polar surface area (TPSA) is 66.9 Å². The quantitative estimate of drug-likeness (QED) is 0.694. The van der Waals surface area contributed by atoms with Gasteiger partial charge in [-0.2, -0.15) is 0 Å². The van der Waals surface area contributed by atoms with Crippen LogP contribution in [0, 0.1) is 18.6 Å². The Morgan fingerprint density at radius 2 is 1.92 bits per heavy atom. The summed E-state index contributed by atoms with van der Waals surface area (Å²) in [6.45, 7) is 1.83. The molecule has 1 amide bonds. The van der Waals surface area contributed by atoms with Crippen LogP contribution < -0.4 is 10.6 Å². The maximum Gasteiger partial charge on any atom is 0.274 e. The maximum atomic E-state index is 13.7. The number of amides is 1. The summed E-state index contributed by atoms with van der Waals surface area (Å²) < 4.78 is 26.6. The minimum Gasteiger partial charge on any atom is -0.324 e. The van der Waals surface area contributed by atoms with Crippen molar-refractivity contribution in [3.8, 4) is 0 Å². The number of anilines is 3. The lowest BCUT2D eigenvalue weighted by Crippen LogP contribution is -2.15. The van der Waals surface area contributed by atoms with Crippen molar-refractivity contribution in [1.82, 2.24) is 9.97 Å². The maximum absolute atomic E-state index is 13.7. The van der Waals surface area contributed by atoms with E-state index in [4.69, 9.17) is 11.6 Å². The van der Waals surface area contributed by atoms with Gasteiger partial charge in [-0.1, -0.05) is 17.7 Å². The summed E-state index contributed by atoms with van der Waals surface area (Å²) in [5, 5.41) is 5.91. The van der Waals surface area contributed by atoms with E-state index in [-0.39, 0.29) is 17.3 Å². The fraction of sp³-hybridized carbons (Fsp3) is 0.0556. The second-order valence-electron chi connectivity index (χ2n) is 5.38. The summed E-state index contributed by atoms with van der Waals surface area (Å²) in [5.74, 6) is -2.07. The van der Waals surface area contributed by atoms with Gasteiger partial charge in [0, 0.05) is 23.0 Å². The van der Waals surface area contributed by atoms with E-state index < -0.39 is 17.5 Å². The van der Waals surface area contributed by atoms with Gasteiger partial charge in [0.2, 0.25) is 5.95 Å². The predicted octanol–water partition coefficient (Wildman–Crippen LogP) is 4.71. The normalized spacial score (nSPS) is 10.5. The van der Waals surface area contributed by atoms with Crippen LogP contribution in [0.2, 0.25) is 5.02 Å². The van der Waals surface area contributed by atoms with Gasteiger partial charge < -0.3 is 10.6 Å². The molecule has 0 saturated heterocycles. The molecule has 0 saturated carbocycles. The molecule has 1 heterocycles. The molecule has 0 aliphatic heterocycles. The molecule has 0 atom stereocenters. The Morgan fingerprint density at radius 1 is 1.12 bits per heavy atom. The first-order valence-corrected chi connectivity index (χ1v) is 7.93. The summed E-state index contributed by atoms with van der Waals surface area (Å²) in [6.07, 6.45) is 1.39. The van der Waals surface area contributed by atoms with Gasteiger partial charge in [0.05, 0.1) is 5.69 Å². The second kappa shape index (κ2) is 7.45. The molecule has 0 aliphatic carbocycles. The largest absolute Gasteiger partial charge is 0.324 e. The Kier molecular flexibility index (Phi) is 5.09. The molecule has 0 aliphatic rings. The van der Waals surface area contributed by atoms with Crippen LogP contribution in [0.25, 0.3) is 0 Å². The monoisotopic (exact) mass is 374 g/mol. The van der Waals surface area contributed by atoms with Crippen LogP contribution in [0.1, 0.15) is 16.1 Å². The van der Waals surface area contributed by atoms with Gasteiger partial charge in [-0.15, -0.1) is 0 Å². The van der Waals surface area contributed by atoms with Crippen LogP contribution in [0.15, 0.2) is 48.7 Å². The molecule has 132 valence electrons. The highest BCUT2D eigenvalue weighted by Crippen LogP contribution is 2.25. The van der Waals surface area contributed by atoms with E-state index in [0.717, 1.165) is 17.7 Å². The molecule has 8 heteroatoms. The Hall–Kier alpha value is -3.06. The first kappa shape index (κ1) is 17.8. The van der Waals surface area contributed by atoms with Gasteiger partial charge in [-0.25, -0.2) is 18.7 Å². The van der Waals surface area contributed by atoms with Crippen LogP contribution in [-0.4, -0.2) is 15.9 Å². The Morgan fingerprint density at radius 3 is 2.69 bits per heavy atom. The summed E-state index contributed by atoms with van der Waals surface area (Å²) in [5.41, 5.74) is 1.38. The lowest BCUT2D eigenvalue weighted by molar-refractivity contribution is 0.102. The first-order chi connectivity index (χ1) is 12.4.